The van der Waals surface area contributed by atoms with Crippen molar-refractivity contribution >= 4 is 68.7 Å². The second-order valence-electron chi connectivity index (χ2n) is 9.32. The van der Waals surface area contributed by atoms with Crippen LogP contribution in [0.5, 0.6) is 5.75 Å². The van der Waals surface area contributed by atoms with Gasteiger partial charge in [-0.2, -0.15) is 0 Å². The van der Waals surface area contributed by atoms with Gasteiger partial charge in [-0.1, -0.05) is 23.2 Å². The third kappa shape index (κ3) is 4.98. The highest BCUT2D eigenvalue weighted by Crippen LogP contribution is 2.42. The summed E-state index contributed by atoms with van der Waals surface area (Å²) in [7, 11) is 2.02. The number of amides is 1. The fraction of sp³-hybridized carbons (Fsp3) is 0.320. The summed E-state index contributed by atoms with van der Waals surface area (Å²) < 4.78 is 23.3. The minimum atomic E-state index is -0.726. The van der Waals surface area contributed by atoms with Gasteiger partial charge in [0.05, 0.1) is 27.7 Å². The fourth-order valence-electron chi connectivity index (χ4n) is 4.62. The van der Waals surface area contributed by atoms with E-state index in [-0.39, 0.29) is 28.7 Å². The van der Waals surface area contributed by atoms with Crippen molar-refractivity contribution in [3.63, 3.8) is 0 Å². The molecule has 2 aromatic carbocycles. The van der Waals surface area contributed by atoms with E-state index in [0.717, 1.165) is 13.1 Å². The number of carbonyl (C=O) groups excluding carboxylic acids is 1. The molecular formula is C25H25Cl2FN6O3S. The molecule has 3 heterocycles. The van der Waals surface area contributed by atoms with E-state index in [1.54, 1.807) is 22.8 Å². The number of nitrogens with zero attached hydrogens (tertiary/aromatic N) is 3. The van der Waals surface area contributed by atoms with E-state index in [1.807, 2.05) is 18.9 Å². The van der Waals surface area contributed by atoms with E-state index < -0.39 is 17.2 Å². The highest BCUT2D eigenvalue weighted by atomic mass is 35.5. The number of aromatic nitrogens is 1. The van der Waals surface area contributed by atoms with Gasteiger partial charge in [-0.05, 0) is 50.5 Å². The predicted octanol–water partition coefficient (Wildman–Crippen LogP) is 3.78. The standard InChI is InChI=1S/C25H25Cl2FN6O3S/c1-13-12-37-23-20-15(10-18(28)21(23)33-7-5-32(2)6-8-33)22(35)16(11-34(13)20)24(36)30-31-25(38)29-19-4-3-14(26)9-17(19)27/h3-4,9-11,13H,5-8,12H2,1-2H3,(H,30,36)(H2,29,31,38). The molecule has 1 aromatic heterocycles. The number of rotatable bonds is 3. The molecule has 13 heteroatoms. The Kier molecular flexibility index (Phi) is 7.36. The lowest BCUT2D eigenvalue weighted by Gasteiger charge is -2.37. The summed E-state index contributed by atoms with van der Waals surface area (Å²) in [5, 5.41) is 3.75. The molecule has 1 amide bonds. The Morgan fingerprint density at radius 1 is 1.16 bits per heavy atom. The topological polar surface area (TPSA) is 90.9 Å². The molecule has 0 spiro atoms. The molecule has 5 rings (SSSR count). The summed E-state index contributed by atoms with van der Waals surface area (Å²) in [5.41, 5.74) is 5.51. The third-order valence-electron chi connectivity index (χ3n) is 6.67. The van der Waals surface area contributed by atoms with Gasteiger partial charge in [0.25, 0.3) is 5.91 Å². The van der Waals surface area contributed by atoms with Crippen molar-refractivity contribution in [2.75, 3.05) is 50.1 Å². The lowest BCUT2D eigenvalue weighted by molar-refractivity contribution is 0.0942. The van der Waals surface area contributed by atoms with Crippen molar-refractivity contribution in [2.45, 2.75) is 13.0 Å². The number of anilines is 2. The first-order valence-electron chi connectivity index (χ1n) is 11.9. The van der Waals surface area contributed by atoms with E-state index >= 15 is 4.39 Å². The van der Waals surface area contributed by atoms with Gasteiger partial charge >= 0.3 is 0 Å². The van der Waals surface area contributed by atoms with E-state index in [4.69, 9.17) is 40.2 Å². The summed E-state index contributed by atoms with van der Waals surface area (Å²) >= 11 is 17.3. The van der Waals surface area contributed by atoms with Crippen LogP contribution in [0.3, 0.4) is 0 Å². The summed E-state index contributed by atoms with van der Waals surface area (Å²) in [6.45, 7) is 5.01. The number of halogens is 3. The Bertz CT molecular complexity index is 1510. The minimum Gasteiger partial charge on any atom is -0.487 e. The molecule has 38 heavy (non-hydrogen) atoms. The van der Waals surface area contributed by atoms with Crippen LogP contribution in [0.15, 0.2) is 35.3 Å². The van der Waals surface area contributed by atoms with E-state index in [2.05, 4.69) is 21.1 Å². The number of hydrogen-bond donors (Lipinski definition) is 3. The number of pyridine rings is 1. The van der Waals surface area contributed by atoms with Gasteiger partial charge in [0, 0.05) is 37.4 Å². The zero-order valence-corrected chi connectivity index (χ0v) is 22.9. The van der Waals surface area contributed by atoms with Crippen LogP contribution >= 0.6 is 35.4 Å². The lowest BCUT2D eigenvalue weighted by Crippen LogP contribution is -2.46. The Labute approximate surface area is 233 Å². The Balaban J connectivity index is 1.44. The van der Waals surface area contributed by atoms with Gasteiger partial charge in [0.1, 0.15) is 17.9 Å². The van der Waals surface area contributed by atoms with E-state index in [0.29, 0.717) is 45.8 Å². The molecule has 0 radical (unpaired) electrons. The number of likely N-dealkylation sites (N-methyl/N-ethyl adjacent to an activating group) is 1. The first-order chi connectivity index (χ1) is 18.1. The first kappa shape index (κ1) is 26.5. The quantitative estimate of drug-likeness (QED) is 0.319. The lowest BCUT2D eigenvalue weighted by atomic mass is 10.0. The average Bonchev–Trinajstić information content (AvgIpc) is 2.88. The molecule has 1 saturated heterocycles. The highest BCUT2D eigenvalue weighted by molar-refractivity contribution is 7.80. The van der Waals surface area contributed by atoms with Gasteiger partial charge in [0.2, 0.25) is 5.43 Å². The van der Waals surface area contributed by atoms with Crippen LogP contribution in [0.4, 0.5) is 15.8 Å². The van der Waals surface area contributed by atoms with Crippen LogP contribution in [0.1, 0.15) is 23.3 Å². The molecular weight excluding hydrogens is 554 g/mol. The maximum absolute atomic E-state index is 15.5. The molecule has 0 aliphatic carbocycles. The molecule has 3 aromatic rings. The molecule has 0 bridgehead atoms. The smallest absolute Gasteiger partial charge is 0.275 e. The molecule has 9 nitrogen and oxygen atoms in total. The molecule has 1 unspecified atom stereocenters. The zero-order valence-electron chi connectivity index (χ0n) is 20.6. The Morgan fingerprint density at radius 2 is 1.89 bits per heavy atom. The fourth-order valence-corrected chi connectivity index (χ4v) is 5.24. The first-order valence-corrected chi connectivity index (χ1v) is 13.1. The maximum Gasteiger partial charge on any atom is 0.275 e. The molecule has 2 aliphatic rings. The number of hydrazine groups is 1. The van der Waals surface area contributed by atoms with Crippen LogP contribution in [-0.4, -0.2) is 60.3 Å². The summed E-state index contributed by atoms with van der Waals surface area (Å²) in [5.74, 6) is -0.956. The van der Waals surface area contributed by atoms with Crippen molar-refractivity contribution in [3.05, 3.63) is 62.1 Å². The van der Waals surface area contributed by atoms with E-state index in [9.17, 15) is 9.59 Å². The largest absolute Gasteiger partial charge is 0.487 e. The molecule has 0 saturated carbocycles. The van der Waals surface area contributed by atoms with Gasteiger partial charge in [-0.25, -0.2) is 4.39 Å². The Hall–Kier alpha value is -3.12. The van der Waals surface area contributed by atoms with Crippen LogP contribution in [0.25, 0.3) is 10.9 Å². The SMILES string of the molecule is CC1COc2c(N3CCN(C)CC3)c(F)cc3c(=O)c(C(=O)NNC(=S)Nc4ccc(Cl)cc4Cl)cn1c23. The number of nitrogens with one attached hydrogen (secondary N) is 3. The number of piperazine rings is 1. The molecule has 2 aliphatic heterocycles. The van der Waals surface area contributed by atoms with Crippen LogP contribution in [0.2, 0.25) is 10.0 Å². The van der Waals surface area contributed by atoms with Crippen molar-refractivity contribution in [1.82, 2.24) is 20.3 Å². The molecule has 1 atom stereocenters. The monoisotopic (exact) mass is 578 g/mol. The van der Waals surface area contributed by atoms with Gasteiger partial charge in [-0.3, -0.25) is 20.4 Å². The summed E-state index contributed by atoms with van der Waals surface area (Å²) in [6, 6.07) is 5.82. The second-order valence-corrected chi connectivity index (χ2v) is 10.6. The van der Waals surface area contributed by atoms with Gasteiger partial charge < -0.3 is 24.4 Å². The van der Waals surface area contributed by atoms with Crippen molar-refractivity contribution < 1.29 is 13.9 Å². The number of hydrogen-bond acceptors (Lipinski definition) is 6. The summed E-state index contributed by atoms with van der Waals surface area (Å²) in [6.07, 6.45) is 1.48. The number of carbonyl (C=O) groups is 1. The average molecular weight is 579 g/mol. The highest BCUT2D eigenvalue weighted by Gasteiger charge is 2.31. The zero-order chi connectivity index (χ0) is 27.1. The molecule has 200 valence electrons. The third-order valence-corrected chi connectivity index (χ3v) is 7.43. The molecule has 3 N–H and O–H groups in total. The van der Waals surface area contributed by atoms with Crippen LogP contribution in [0, 0.1) is 5.82 Å². The Morgan fingerprint density at radius 3 is 2.61 bits per heavy atom. The van der Waals surface area contributed by atoms with Crippen LogP contribution < -0.4 is 31.2 Å². The summed E-state index contributed by atoms with van der Waals surface area (Å²) in [4.78, 5) is 30.5. The predicted molar refractivity (Wildman–Crippen MR) is 151 cm³/mol. The normalized spacial score (nSPS) is 17.2. The number of ether oxygens (including phenoxy) is 1. The minimum absolute atomic E-state index is 0.0386. The van der Waals surface area contributed by atoms with Crippen LogP contribution in [-0.2, 0) is 0 Å². The second kappa shape index (κ2) is 10.6. The number of benzene rings is 2. The van der Waals surface area contributed by atoms with Crippen molar-refractivity contribution in [2.24, 2.45) is 0 Å². The van der Waals surface area contributed by atoms with Gasteiger partial charge in [0.15, 0.2) is 16.7 Å². The van der Waals surface area contributed by atoms with Crippen molar-refractivity contribution in [1.29, 1.82) is 0 Å². The van der Waals surface area contributed by atoms with Crippen molar-refractivity contribution in [3.8, 4) is 5.75 Å². The molecule has 1 fully saturated rings. The van der Waals surface area contributed by atoms with Gasteiger partial charge in [-0.15, -0.1) is 0 Å². The maximum atomic E-state index is 15.5. The number of thiocarbonyl (C=S) groups is 1. The van der Waals surface area contributed by atoms with E-state index in [1.165, 1.54) is 12.3 Å².